The minimum Gasteiger partial charge on any atom is -0.310 e. The van der Waals surface area contributed by atoms with Crippen LogP contribution in [0.4, 0.5) is 5.82 Å². The molecule has 0 aliphatic heterocycles. The van der Waals surface area contributed by atoms with Gasteiger partial charge in [-0.1, -0.05) is 35.9 Å². The van der Waals surface area contributed by atoms with E-state index >= 15 is 0 Å². The van der Waals surface area contributed by atoms with Crippen LogP contribution in [0.5, 0.6) is 0 Å². The molecular weight excluding hydrogens is 366 g/mol. The lowest BCUT2D eigenvalue weighted by Gasteiger charge is -2.11. The molecule has 1 aliphatic carbocycles. The number of nitrogens with zero attached hydrogens (tertiary/aromatic N) is 2. The fourth-order valence-corrected chi connectivity index (χ4v) is 4.38. The third-order valence-electron chi connectivity index (χ3n) is 5.00. The van der Waals surface area contributed by atoms with Gasteiger partial charge in [0.1, 0.15) is 5.82 Å². The first-order chi connectivity index (χ1) is 13.7. The van der Waals surface area contributed by atoms with Gasteiger partial charge in [-0.25, -0.2) is 4.68 Å². The maximum Gasteiger partial charge on any atom is 0.225 e. The zero-order valence-corrected chi connectivity index (χ0v) is 17.0. The summed E-state index contributed by atoms with van der Waals surface area (Å²) in [7, 11) is 0. The standard InChI is InChI=1S/C23H25N3OS/c1-17-12-14-19(15-13-17)28-16-6-11-22(27)24-23-20-9-5-10-21(20)25-26(23)18-7-3-2-4-8-18/h2-4,7-8,12-15H,5-6,9-11,16H2,1H3,(H,24,27). The molecule has 2 aromatic carbocycles. The fraction of sp³-hybridized carbons (Fsp3) is 0.304. The molecule has 0 saturated heterocycles. The third-order valence-corrected chi connectivity index (χ3v) is 6.10. The Bertz CT molecular complexity index is 948. The van der Waals surface area contributed by atoms with Crippen molar-refractivity contribution in [2.45, 2.75) is 43.9 Å². The summed E-state index contributed by atoms with van der Waals surface area (Å²) in [6.07, 6.45) is 4.47. The number of aryl methyl sites for hydroxylation is 2. The van der Waals surface area contributed by atoms with Crippen LogP contribution >= 0.6 is 11.8 Å². The van der Waals surface area contributed by atoms with E-state index in [1.165, 1.54) is 16.0 Å². The molecule has 4 rings (SSSR count). The number of thioether (sulfide) groups is 1. The van der Waals surface area contributed by atoms with E-state index in [0.717, 1.165) is 48.6 Å². The highest BCUT2D eigenvalue weighted by Gasteiger charge is 2.24. The second-order valence-electron chi connectivity index (χ2n) is 7.19. The Labute approximate surface area is 170 Å². The minimum absolute atomic E-state index is 0.0660. The van der Waals surface area contributed by atoms with Gasteiger partial charge in [-0.2, -0.15) is 5.10 Å². The lowest BCUT2D eigenvalue weighted by molar-refractivity contribution is -0.116. The number of hydrogen-bond acceptors (Lipinski definition) is 3. The highest BCUT2D eigenvalue weighted by atomic mass is 32.2. The van der Waals surface area contributed by atoms with Crippen LogP contribution in [0.3, 0.4) is 0 Å². The Hall–Kier alpha value is -2.53. The van der Waals surface area contributed by atoms with Crippen molar-refractivity contribution in [1.29, 1.82) is 0 Å². The molecule has 0 atom stereocenters. The van der Waals surface area contributed by atoms with Crippen molar-refractivity contribution in [3.05, 3.63) is 71.4 Å². The first-order valence-corrected chi connectivity index (χ1v) is 10.8. The van der Waals surface area contributed by atoms with Crippen LogP contribution in [0.25, 0.3) is 5.69 Å². The molecule has 0 saturated carbocycles. The average molecular weight is 392 g/mol. The quantitative estimate of drug-likeness (QED) is 0.446. The summed E-state index contributed by atoms with van der Waals surface area (Å²) < 4.78 is 1.89. The molecule has 0 spiro atoms. The summed E-state index contributed by atoms with van der Waals surface area (Å²) in [6, 6.07) is 18.6. The average Bonchev–Trinajstić information content (AvgIpc) is 3.30. The molecule has 0 fully saturated rings. The first-order valence-electron chi connectivity index (χ1n) is 9.86. The van der Waals surface area contributed by atoms with E-state index in [1.807, 2.05) is 35.0 Å². The van der Waals surface area contributed by atoms with Gasteiger partial charge in [0.2, 0.25) is 5.91 Å². The van der Waals surface area contributed by atoms with Crippen molar-refractivity contribution in [2.24, 2.45) is 0 Å². The second kappa shape index (κ2) is 8.65. The summed E-state index contributed by atoms with van der Waals surface area (Å²) in [4.78, 5) is 13.8. The van der Waals surface area contributed by atoms with E-state index in [1.54, 1.807) is 11.8 Å². The van der Waals surface area contributed by atoms with E-state index in [-0.39, 0.29) is 5.91 Å². The van der Waals surface area contributed by atoms with E-state index in [0.29, 0.717) is 6.42 Å². The van der Waals surface area contributed by atoms with E-state index in [4.69, 9.17) is 5.10 Å². The fourth-order valence-electron chi connectivity index (χ4n) is 3.53. The van der Waals surface area contributed by atoms with Gasteiger partial charge in [0.05, 0.1) is 11.4 Å². The predicted octanol–water partition coefficient (Wildman–Crippen LogP) is 5.18. The zero-order valence-electron chi connectivity index (χ0n) is 16.1. The predicted molar refractivity (Wildman–Crippen MR) is 115 cm³/mol. The van der Waals surface area contributed by atoms with Crippen molar-refractivity contribution in [3.8, 4) is 5.69 Å². The number of aromatic nitrogens is 2. The van der Waals surface area contributed by atoms with Crippen LogP contribution in [0.1, 0.15) is 36.1 Å². The van der Waals surface area contributed by atoms with Gasteiger partial charge in [0, 0.05) is 16.9 Å². The Balaban J connectivity index is 1.37. The molecule has 1 amide bonds. The summed E-state index contributed by atoms with van der Waals surface area (Å²) in [5.74, 6) is 1.86. The number of anilines is 1. The van der Waals surface area contributed by atoms with Crippen molar-refractivity contribution in [2.75, 3.05) is 11.1 Å². The summed E-state index contributed by atoms with van der Waals surface area (Å²) in [5.41, 5.74) is 4.58. The molecule has 1 aromatic heterocycles. The number of para-hydroxylation sites is 1. The van der Waals surface area contributed by atoms with E-state index in [9.17, 15) is 4.79 Å². The van der Waals surface area contributed by atoms with Gasteiger partial charge in [0.15, 0.2) is 0 Å². The molecule has 28 heavy (non-hydrogen) atoms. The third kappa shape index (κ3) is 4.30. The normalized spacial score (nSPS) is 12.8. The van der Waals surface area contributed by atoms with Crippen LogP contribution in [-0.4, -0.2) is 21.4 Å². The van der Waals surface area contributed by atoms with Crippen LogP contribution in [0.2, 0.25) is 0 Å². The van der Waals surface area contributed by atoms with Crippen LogP contribution < -0.4 is 5.32 Å². The maximum atomic E-state index is 12.6. The first kappa shape index (κ1) is 18.8. The number of carbonyl (C=O) groups excluding carboxylic acids is 1. The smallest absolute Gasteiger partial charge is 0.225 e. The Kier molecular flexibility index (Phi) is 5.81. The molecule has 5 heteroatoms. The van der Waals surface area contributed by atoms with Gasteiger partial charge in [-0.3, -0.25) is 4.79 Å². The number of rotatable bonds is 7. The highest BCUT2D eigenvalue weighted by Crippen LogP contribution is 2.31. The summed E-state index contributed by atoms with van der Waals surface area (Å²) in [6.45, 7) is 2.09. The molecule has 0 radical (unpaired) electrons. The number of hydrogen-bond donors (Lipinski definition) is 1. The van der Waals surface area contributed by atoms with Gasteiger partial charge in [-0.15, -0.1) is 11.8 Å². The molecule has 4 nitrogen and oxygen atoms in total. The molecule has 0 bridgehead atoms. The van der Waals surface area contributed by atoms with E-state index in [2.05, 4.69) is 36.5 Å². The monoisotopic (exact) mass is 391 g/mol. The number of fused-ring (bicyclic) bond motifs is 1. The lowest BCUT2D eigenvalue weighted by atomic mass is 10.2. The molecule has 1 aliphatic rings. The minimum atomic E-state index is 0.0660. The van der Waals surface area contributed by atoms with Crippen molar-refractivity contribution in [1.82, 2.24) is 9.78 Å². The summed E-state index contributed by atoms with van der Waals surface area (Å²) in [5, 5.41) is 7.90. The molecule has 144 valence electrons. The molecule has 0 unspecified atom stereocenters. The van der Waals surface area contributed by atoms with Crippen molar-refractivity contribution in [3.63, 3.8) is 0 Å². The lowest BCUT2D eigenvalue weighted by Crippen LogP contribution is -2.16. The number of benzene rings is 2. The maximum absolute atomic E-state index is 12.6. The molecule has 1 N–H and O–H groups in total. The molecule has 3 aromatic rings. The Morgan fingerprint density at radius 3 is 2.68 bits per heavy atom. The van der Waals surface area contributed by atoms with Crippen molar-refractivity contribution < 1.29 is 4.79 Å². The topological polar surface area (TPSA) is 46.9 Å². The second-order valence-corrected chi connectivity index (χ2v) is 8.36. The van der Waals surface area contributed by atoms with Gasteiger partial charge in [0.25, 0.3) is 0 Å². The Morgan fingerprint density at radius 2 is 1.89 bits per heavy atom. The Morgan fingerprint density at radius 1 is 1.11 bits per heavy atom. The van der Waals surface area contributed by atoms with Gasteiger partial charge < -0.3 is 5.32 Å². The van der Waals surface area contributed by atoms with E-state index < -0.39 is 0 Å². The molecule has 1 heterocycles. The van der Waals surface area contributed by atoms with Crippen LogP contribution in [0, 0.1) is 6.92 Å². The van der Waals surface area contributed by atoms with Crippen LogP contribution in [0.15, 0.2) is 59.5 Å². The zero-order chi connectivity index (χ0) is 19.3. The number of nitrogens with one attached hydrogen (secondary N) is 1. The largest absolute Gasteiger partial charge is 0.310 e. The number of amides is 1. The van der Waals surface area contributed by atoms with Gasteiger partial charge >= 0.3 is 0 Å². The van der Waals surface area contributed by atoms with Crippen LogP contribution in [-0.2, 0) is 17.6 Å². The van der Waals surface area contributed by atoms with Crippen molar-refractivity contribution >= 4 is 23.5 Å². The number of carbonyl (C=O) groups is 1. The SMILES string of the molecule is Cc1ccc(SCCCC(=O)Nc2c3c(nn2-c2ccccc2)CCC3)cc1. The summed E-state index contributed by atoms with van der Waals surface area (Å²) >= 11 is 1.80. The molecular formula is C23H25N3OS. The highest BCUT2D eigenvalue weighted by molar-refractivity contribution is 7.99. The van der Waals surface area contributed by atoms with Gasteiger partial charge in [-0.05, 0) is 62.6 Å².